The molecule has 2 saturated heterocycles. The fourth-order valence-corrected chi connectivity index (χ4v) is 3.46. The van der Waals surface area contributed by atoms with Crippen LogP contribution in [0.1, 0.15) is 43.9 Å². The van der Waals surface area contributed by atoms with Gasteiger partial charge in [-0.1, -0.05) is 5.16 Å². The molecule has 7 heteroatoms. The maximum Gasteiger partial charge on any atom is 0.226 e. The number of carbonyl (C=O) groups excluding carboxylic acids is 1. The third kappa shape index (κ3) is 4.09. The quantitative estimate of drug-likeness (QED) is 0.886. The highest BCUT2D eigenvalue weighted by atomic mass is 16.5. The second kappa shape index (κ2) is 7.40. The summed E-state index contributed by atoms with van der Waals surface area (Å²) in [6.45, 7) is 6.30. The number of hydrogen-bond donors (Lipinski definition) is 1. The van der Waals surface area contributed by atoms with Crippen molar-refractivity contribution in [2.75, 3.05) is 39.8 Å². The van der Waals surface area contributed by atoms with Crippen LogP contribution in [-0.2, 0) is 11.2 Å². The van der Waals surface area contributed by atoms with Gasteiger partial charge >= 0.3 is 0 Å². The zero-order valence-electron chi connectivity index (χ0n) is 14.1. The molecule has 1 aromatic rings. The van der Waals surface area contributed by atoms with Crippen LogP contribution >= 0.6 is 0 Å². The lowest BCUT2D eigenvalue weighted by Gasteiger charge is -2.31. The van der Waals surface area contributed by atoms with Crippen LogP contribution in [0, 0.1) is 5.92 Å². The van der Waals surface area contributed by atoms with E-state index in [4.69, 9.17) is 4.52 Å². The van der Waals surface area contributed by atoms with Gasteiger partial charge in [-0.3, -0.25) is 9.69 Å². The van der Waals surface area contributed by atoms with Crippen LogP contribution in [0.15, 0.2) is 4.52 Å². The summed E-state index contributed by atoms with van der Waals surface area (Å²) in [5, 5.41) is 7.54. The molecule has 1 atom stereocenters. The standard InChI is InChI=1S/C16H27N5O2/c1-12(22)21-8-5-13(6-9-21)3-4-15-18-16(19-23-15)14-11-17-7-10-20(14)2/h13-14,17H,3-11H2,1-2H3. The van der Waals surface area contributed by atoms with Gasteiger partial charge in [-0.05, 0) is 32.2 Å². The van der Waals surface area contributed by atoms with Gasteiger partial charge in [0.2, 0.25) is 11.8 Å². The molecular weight excluding hydrogens is 294 g/mol. The van der Waals surface area contributed by atoms with Crippen LogP contribution in [-0.4, -0.2) is 65.6 Å². The average molecular weight is 321 g/mol. The Hall–Kier alpha value is -1.47. The molecule has 128 valence electrons. The minimum Gasteiger partial charge on any atom is -0.343 e. The predicted molar refractivity (Wildman–Crippen MR) is 85.8 cm³/mol. The molecule has 2 fully saturated rings. The van der Waals surface area contributed by atoms with Gasteiger partial charge in [0.1, 0.15) is 0 Å². The normalized spacial score (nSPS) is 24.1. The number of carbonyl (C=O) groups is 1. The number of aryl methyl sites for hydroxylation is 1. The van der Waals surface area contributed by atoms with Crippen LogP contribution in [0.3, 0.4) is 0 Å². The molecule has 0 radical (unpaired) electrons. The highest BCUT2D eigenvalue weighted by Crippen LogP contribution is 2.23. The highest BCUT2D eigenvalue weighted by Gasteiger charge is 2.26. The van der Waals surface area contributed by atoms with Gasteiger partial charge < -0.3 is 14.7 Å². The Kier molecular flexibility index (Phi) is 5.27. The zero-order valence-corrected chi connectivity index (χ0v) is 14.1. The van der Waals surface area contributed by atoms with Gasteiger partial charge in [0.15, 0.2) is 5.82 Å². The van der Waals surface area contributed by atoms with E-state index in [1.54, 1.807) is 6.92 Å². The summed E-state index contributed by atoms with van der Waals surface area (Å²) < 4.78 is 5.44. The number of nitrogens with zero attached hydrogens (tertiary/aromatic N) is 4. The van der Waals surface area contributed by atoms with Crippen molar-refractivity contribution in [1.82, 2.24) is 25.3 Å². The first kappa shape index (κ1) is 16.4. The second-order valence-electron chi connectivity index (χ2n) is 6.73. The predicted octanol–water partition coefficient (Wildman–Crippen LogP) is 0.837. The molecule has 1 unspecified atom stereocenters. The molecule has 2 aliphatic rings. The molecule has 3 rings (SSSR count). The van der Waals surface area contributed by atoms with E-state index in [1.165, 1.54) is 0 Å². The Morgan fingerprint density at radius 2 is 2.13 bits per heavy atom. The van der Waals surface area contributed by atoms with Crippen LogP contribution in [0.5, 0.6) is 0 Å². The topological polar surface area (TPSA) is 74.5 Å². The van der Waals surface area contributed by atoms with Crippen molar-refractivity contribution in [3.63, 3.8) is 0 Å². The van der Waals surface area contributed by atoms with Gasteiger partial charge in [0, 0.05) is 46.1 Å². The first-order valence-corrected chi connectivity index (χ1v) is 8.62. The van der Waals surface area contributed by atoms with Crippen molar-refractivity contribution >= 4 is 5.91 Å². The second-order valence-corrected chi connectivity index (χ2v) is 6.73. The smallest absolute Gasteiger partial charge is 0.226 e. The van der Waals surface area contributed by atoms with E-state index in [-0.39, 0.29) is 11.9 Å². The lowest BCUT2D eigenvalue weighted by Crippen LogP contribution is -2.44. The summed E-state index contributed by atoms with van der Waals surface area (Å²) in [4.78, 5) is 20.1. The minimum atomic E-state index is 0.190. The van der Waals surface area contributed by atoms with Crippen LogP contribution in [0.25, 0.3) is 0 Å². The van der Waals surface area contributed by atoms with E-state index in [2.05, 4.69) is 27.4 Å². The molecule has 0 bridgehead atoms. The van der Waals surface area contributed by atoms with Crippen molar-refractivity contribution in [2.24, 2.45) is 5.92 Å². The van der Waals surface area contributed by atoms with E-state index >= 15 is 0 Å². The Bertz CT molecular complexity index is 524. The summed E-state index contributed by atoms with van der Waals surface area (Å²) in [6.07, 6.45) is 4.06. The molecule has 0 saturated carbocycles. The van der Waals surface area contributed by atoms with Crippen molar-refractivity contribution < 1.29 is 9.32 Å². The molecule has 1 aromatic heterocycles. The van der Waals surface area contributed by atoms with E-state index < -0.39 is 0 Å². The molecule has 0 aliphatic carbocycles. The lowest BCUT2D eigenvalue weighted by molar-refractivity contribution is -0.130. The van der Waals surface area contributed by atoms with E-state index in [9.17, 15) is 4.79 Å². The SMILES string of the molecule is CC(=O)N1CCC(CCc2nc(C3CNCCN3C)no2)CC1. The average Bonchev–Trinajstić information content (AvgIpc) is 3.02. The Labute approximate surface area is 137 Å². The molecule has 23 heavy (non-hydrogen) atoms. The summed E-state index contributed by atoms with van der Waals surface area (Å²) in [5.74, 6) is 2.38. The molecule has 0 aromatic carbocycles. The molecule has 0 spiro atoms. The number of aromatic nitrogens is 2. The molecule has 2 aliphatic heterocycles. The van der Waals surface area contributed by atoms with Crippen molar-refractivity contribution in [1.29, 1.82) is 0 Å². The number of likely N-dealkylation sites (N-methyl/N-ethyl adjacent to an activating group) is 1. The van der Waals surface area contributed by atoms with Crippen LogP contribution < -0.4 is 5.32 Å². The van der Waals surface area contributed by atoms with Crippen molar-refractivity contribution in [2.45, 2.75) is 38.6 Å². The molecule has 1 amide bonds. The summed E-state index contributed by atoms with van der Waals surface area (Å²) in [7, 11) is 2.10. The maximum atomic E-state index is 11.3. The number of piperidine rings is 1. The van der Waals surface area contributed by atoms with Gasteiger partial charge in [0.05, 0.1) is 6.04 Å². The summed E-state index contributed by atoms with van der Waals surface area (Å²) >= 11 is 0. The number of amides is 1. The van der Waals surface area contributed by atoms with Crippen molar-refractivity contribution in [3.8, 4) is 0 Å². The number of hydrogen-bond acceptors (Lipinski definition) is 6. The summed E-state index contributed by atoms with van der Waals surface area (Å²) in [6, 6.07) is 0.208. The number of rotatable bonds is 4. The summed E-state index contributed by atoms with van der Waals surface area (Å²) in [5.41, 5.74) is 0. The highest BCUT2D eigenvalue weighted by molar-refractivity contribution is 5.73. The van der Waals surface area contributed by atoms with Gasteiger partial charge in [-0.25, -0.2) is 0 Å². The third-order valence-corrected chi connectivity index (χ3v) is 5.12. The van der Waals surface area contributed by atoms with Gasteiger partial charge in [0.25, 0.3) is 0 Å². The number of likely N-dealkylation sites (tertiary alicyclic amines) is 1. The Morgan fingerprint density at radius 3 is 2.83 bits per heavy atom. The first-order valence-electron chi connectivity index (χ1n) is 8.62. The minimum absolute atomic E-state index is 0.190. The van der Waals surface area contributed by atoms with Crippen LogP contribution in [0.4, 0.5) is 0 Å². The van der Waals surface area contributed by atoms with Gasteiger partial charge in [-0.15, -0.1) is 0 Å². The maximum absolute atomic E-state index is 11.3. The molecular formula is C16H27N5O2. The van der Waals surface area contributed by atoms with E-state index in [1.807, 2.05) is 4.90 Å². The largest absolute Gasteiger partial charge is 0.343 e. The van der Waals surface area contributed by atoms with Crippen LogP contribution in [0.2, 0.25) is 0 Å². The monoisotopic (exact) mass is 321 g/mol. The fourth-order valence-electron chi connectivity index (χ4n) is 3.46. The molecule has 7 nitrogen and oxygen atoms in total. The Balaban J connectivity index is 1.47. The van der Waals surface area contributed by atoms with Crippen molar-refractivity contribution in [3.05, 3.63) is 11.7 Å². The zero-order chi connectivity index (χ0) is 16.2. The van der Waals surface area contributed by atoms with E-state index in [0.29, 0.717) is 5.92 Å². The molecule has 3 heterocycles. The molecule has 1 N–H and O–H groups in total. The van der Waals surface area contributed by atoms with E-state index in [0.717, 1.165) is 70.1 Å². The van der Waals surface area contributed by atoms with Gasteiger partial charge in [-0.2, -0.15) is 4.98 Å². The Morgan fingerprint density at radius 1 is 1.35 bits per heavy atom. The number of piperazine rings is 1. The lowest BCUT2D eigenvalue weighted by atomic mass is 9.92. The first-order chi connectivity index (χ1) is 11.1. The number of nitrogens with one attached hydrogen (secondary N) is 1. The third-order valence-electron chi connectivity index (χ3n) is 5.12. The fraction of sp³-hybridized carbons (Fsp3) is 0.812.